The molecule has 1 rings (SSSR count). The Kier molecular flexibility index (Phi) is 17.2. The first-order valence-corrected chi connectivity index (χ1v) is 11.6. The van der Waals surface area contributed by atoms with Gasteiger partial charge in [0.05, 0.1) is 0 Å². The Morgan fingerprint density at radius 1 is 0.710 bits per heavy atom. The summed E-state index contributed by atoms with van der Waals surface area (Å²) < 4.78 is 0. The molecule has 0 aromatic heterocycles. The van der Waals surface area contributed by atoms with Gasteiger partial charge in [-0.15, -0.1) is 0 Å². The molecule has 1 N–H and O–H groups in total. The summed E-state index contributed by atoms with van der Waals surface area (Å²) in [6, 6.07) is 9.87. The zero-order chi connectivity index (χ0) is 22.2. The van der Waals surface area contributed by atoms with E-state index in [2.05, 4.69) is 30.5 Å². The Hall–Kier alpha value is -2.87. The van der Waals surface area contributed by atoms with Crippen LogP contribution in [-0.2, 0) is 11.3 Å². The summed E-state index contributed by atoms with van der Waals surface area (Å²) in [5, 5.41) is 2.86. The molecule has 0 saturated heterocycles. The van der Waals surface area contributed by atoms with Crippen LogP contribution in [0, 0.1) is 0 Å². The molecule has 0 aliphatic carbocycles. The largest absolute Gasteiger partial charge is 0.348 e. The number of nitrogens with one attached hydrogen (secondary N) is 1. The van der Waals surface area contributed by atoms with Gasteiger partial charge in [-0.05, 0) is 18.4 Å². The number of allylic oxidation sites excluding steroid dienone is 11. The summed E-state index contributed by atoms with van der Waals surface area (Å²) in [7, 11) is 0. The summed E-state index contributed by atoms with van der Waals surface area (Å²) in [6.45, 7) is 2.80. The number of carbonyl (C=O) groups is 1. The fourth-order valence-corrected chi connectivity index (χ4v) is 2.89. The molecule has 1 aromatic carbocycles. The number of benzene rings is 1. The van der Waals surface area contributed by atoms with Gasteiger partial charge in [0.25, 0.3) is 0 Å². The van der Waals surface area contributed by atoms with Crippen molar-refractivity contribution in [2.24, 2.45) is 0 Å². The van der Waals surface area contributed by atoms with Crippen LogP contribution in [0.1, 0.15) is 63.9 Å². The van der Waals surface area contributed by atoms with E-state index in [1.54, 1.807) is 6.08 Å². The molecule has 0 atom stereocenters. The Morgan fingerprint density at radius 3 is 1.90 bits per heavy atom. The van der Waals surface area contributed by atoms with Crippen LogP contribution in [0.2, 0.25) is 0 Å². The number of carbonyl (C=O) groups excluding carboxylic acids is 1. The van der Waals surface area contributed by atoms with Gasteiger partial charge in [0.15, 0.2) is 0 Å². The van der Waals surface area contributed by atoms with E-state index < -0.39 is 0 Å². The Morgan fingerprint density at radius 2 is 1.26 bits per heavy atom. The van der Waals surface area contributed by atoms with Crippen molar-refractivity contribution in [1.82, 2.24) is 5.32 Å². The highest BCUT2D eigenvalue weighted by atomic mass is 16.1. The standard InChI is InChI=1S/C29H39NO/c1-2-3-4-5-6-7-8-9-10-11-12-13-14-15-16-17-18-19-23-26-29(31)30-27-28-24-21-20-22-25-28/h10-26H,2-9,27H2,1H3,(H,30,31). The van der Waals surface area contributed by atoms with E-state index >= 15 is 0 Å². The second kappa shape index (κ2) is 20.4. The summed E-state index contributed by atoms with van der Waals surface area (Å²) >= 11 is 0. The van der Waals surface area contributed by atoms with E-state index in [4.69, 9.17) is 0 Å². The minimum Gasteiger partial charge on any atom is -0.348 e. The van der Waals surface area contributed by atoms with Crippen molar-refractivity contribution < 1.29 is 4.79 Å². The Bertz CT molecular complexity index is 735. The minimum absolute atomic E-state index is 0.0949. The molecular formula is C29H39NO. The second-order valence-corrected chi connectivity index (χ2v) is 7.44. The minimum atomic E-state index is -0.0949. The Balaban J connectivity index is 2.04. The quantitative estimate of drug-likeness (QED) is 0.166. The van der Waals surface area contributed by atoms with Crippen LogP contribution in [0.5, 0.6) is 0 Å². The van der Waals surface area contributed by atoms with Gasteiger partial charge in [0.1, 0.15) is 0 Å². The molecule has 166 valence electrons. The number of amides is 1. The topological polar surface area (TPSA) is 29.1 Å². The average Bonchev–Trinajstić information content (AvgIpc) is 2.80. The molecule has 31 heavy (non-hydrogen) atoms. The maximum Gasteiger partial charge on any atom is 0.244 e. The molecule has 0 bridgehead atoms. The normalized spacial score (nSPS) is 12.5. The van der Waals surface area contributed by atoms with E-state index in [0.717, 1.165) is 5.56 Å². The van der Waals surface area contributed by atoms with Crippen LogP contribution in [0.25, 0.3) is 0 Å². The average molecular weight is 418 g/mol. The molecular weight excluding hydrogens is 378 g/mol. The summed E-state index contributed by atoms with van der Waals surface area (Å²) in [5.74, 6) is -0.0949. The van der Waals surface area contributed by atoms with Crippen molar-refractivity contribution in [2.45, 2.75) is 64.8 Å². The lowest BCUT2D eigenvalue weighted by atomic mass is 10.1. The lowest BCUT2D eigenvalue weighted by Crippen LogP contribution is -2.20. The van der Waals surface area contributed by atoms with Gasteiger partial charge in [-0.1, -0.05) is 143 Å². The highest BCUT2D eigenvalue weighted by molar-refractivity contribution is 5.87. The number of hydrogen-bond donors (Lipinski definition) is 1. The molecule has 0 heterocycles. The third-order valence-electron chi connectivity index (χ3n) is 4.67. The summed E-state index contributed by atoms with van der Waals surface area (Å²) in [6.07, 6.45) is 34.1. The maximum atomic E-state index is 11.7. The monoisotopic (exact) mass is 417 g/mol. The molecule has 0 saturated carbocycles. The second-order valence-electron chi connectivity index (χ2n) is 7.44. The number of hydrogen-bond acceptors (Lipinski definition) is 1. The van der Waals surface area contributed by atoms with Crippen LogP contribution >= 0.6 is 0 Å². The third-order valence-corrected chi connectivity index (χ3v) is 4.67. The van der Waals surface area contributed by atoms with E-state index in [1.807, 2.05) is 72.9 Å². The number of rotatable bonds is 16. The molecule has 0 fully saturated rings. The van der Waals surface area contributed by atoms with Crippen LogP contribution in [0.4, 0.5) is 0 Å². The van der Waals surface area contributed by atoms with Crippen molar-refractivity contribution in [3.05, 3.63) is 109 Å². The maximum absolute atomic E-state index is 11.7. The highest BCUT2D eigenvalue weighted by Gasteiger charge is 1.94. The van der Waals surface area contributed by atoms with E-state index in [1.165, 1.54) is 57.4 Å². The van der Waals surface area contributed by atoms with E-state index in [9.17, 15) is 4.79 Å². The molecule has 1 aromatic rings. The molecule has 0 radical (unpaired) electrons. The highest BCUT2D eigenvalue weighted by Crippen LogP contribution is 2.08. The third kappa shape index (κ3) is 17.7. The van der Waals surface area contributed by atoms with Crippen molar-refractivity contribution in [2.75, 3.05) is 0 Å². The summed E-state index contributed by atoms with van der Waals surface area (Å²) in [5.41, 5.74) is 1.09. The van der Waals surface area contributed by atoms with E-state index in [0.29, 0.717) is 6.54 Å². The fourth-order valence-electron chi connectivity index (χ4n) is 2.89. The van der Waals surface area contributed by atoms with Gasteiger partial charge in [-0.2, -0.15) is 0 Å². The molecule has 1 amide bonds. The number of unbranched alkanes of at least 4 members (excludes halogenated alkanes) is 7. The first kappa shape index (κ1) is 26.2. The van der Waals surface area contributed by atoms with Gasteiger partial charge in [-0.25, -0.2) is 0 Å². The molecule has 0 aliphatic rings. The van der Waals surface area contributed by atoms with Gasteiger partial charge in [0, 0.05) is 12.6 Å². The SMILES string of the molecule is CCCCCCCCCC=CC=CC=CC=CC=CC=CC(=O)NCc1ccccc1. The lowest BCUT2D eigenvalue weighted by molar-refractivity contribution is -0.116. The van der Waals surface area contributed by atoms with Gasteiger partial charge in [0.2, 0.25) is 5.91 Å². The zero-order valence-electron chi connectivity index (χ0n) is 19.1. The molecule has 0 aliphatic heterocycles. The van der Waals surface area contributed by atoms with Crippen molar-refractivity contribution >= 4 is 5.91 Å². The molecule has 0 spiro atoms. The van der Waals surface area contributed by atoms with Crippen LogP contribution < -0.4 is 5.32 Å². The zero-order valence-corrected chi connectivity index (χ0v) is 19.1. The first-order chi connectivity index (χ1) is 15.3. The first-order valence-electron chi connectivity index (χ1n) is 11.6. The van der Waals surface area contributed by atoms with Crippen LogP contribution in [0.15, 0.2) is 103 Å². The fraction of sp³-hybridized carbons (Fsp3) is 0.345. The van der Waals surface area contributed by atoms with Crippen molar-refractivity contribution in [1.29, 1.82) is 0 Å². The van der Waals surface area contributed by atoms with Gasteiger partial charge in [-0.3, -0.25) is 4.79 Å². The van der Waals surface area contributed by atoms with Crippen LogP contribution in [0.3, 0.4) is 0 Å². The smallest absolute Gasteiger partial charge is 0.244 e. The van der Waals surface area contributed by atoms with Gasteiger partial charge >= 0.3 is 0 Å². The summed E-state index contributed by atoms with van der Waals surface area (Å²) in [4.78, 5) is 11.7. The van der Waals surface area contributed by atoms with Crippen molar-refractivity contribution in [3.8, 4) is 0 Å². The Labute approximate surface area is 189 Å². The predicted octanol–water partition coefficient (Wildman–Crippen LogP) is 7.78. The van der Waals surface area contributed by atoms with Crippen LogP contribution in [-0.4, -0.2) is 5.91 Å². The van der Waals surface area contributed by atoms with E-state index in [-0.39, 0.29) is 5.91 Å². The predicted molar refractivity (Wildman–Crippen MR) is 136 cm³/mol. The van der Waals surface area contributed by atoms with Gasteiger partial charge < -0.3 is 5.32 Å². The van der Waals surface area contributed by atoms with Crippen molar-refractivity contribution in [3.63, 3.8) is 0 Å². The molecule has 0 unspecified atom stereocenters. The molecule has 2 nitrogen and oxygen atoms in total. The lowest BCUT2D eigenvalue weighted by Gasteiger charge is -2.01. The molecule has 2 heteroatoms.